The molecule has 0 unspecified atom stereocenters. The lowest BCUT2D eigenvalue weighted by atomic mass is 10.2. The van der Waals surface area contributed by atoms with E-state index in [1.165, 1.54) is 29.6 Å². The average molecular weight is 352 g/mol. The second-order valence-electron chi connectivity index (χ2n) is 4.89. The highest BCUT2D eigenvalue weighted by molar-refractivity contribution is 7.99. The van der Waals surface area contributed by atoms with Crippen LogP contribution in [0.25, 0.3) is 0 Å². The van der Waals surface area contributed by atoms with E-state index in [0.29, 0.717) is 22.2 Å². The summed E-state index contributed by atoms with van der Waals surface area (Å²) in [6.07, 6.45) is 0.0882. The van der Waals surface area contributed by atoms with Crippen molar-refractivity contribution in [2.45, 2.75) is 36.2 Å². The minimum Gasteiger partial charge on any atom is -0.481 e. The third-order valence-electron chi connectivity index (χ3n) is 3.19. The topological polar surface area (TPSA) is 63.1 Å². The van der Waals surface area contributed by atoms with E-state index in [1.807, 2.05) is 13.8 Å². The Hall–Kier alpha value is -1.60. The first-order chi connectivity index (χ1) is 11.0. The van der Waals surface area contributed by atoms with Gasteiger partial charge in [0, 0.05) is 22.8 Å². The van der Waals surface area contributed by atoms with Crippen molar-refractivity contribution in [1.82, 2.24) is 9.97 Å². The van der Waals surface area contributed by atoms with Gasteiger partial charge in [0.1, 0.15) is 10.8 Å². The molecule has 0 radical (unpaired) electrons. The molecule has 0 spiro atoms. The first-order valence-electron chi connectivity index (χ1n) is 7.03. The molecule has 0 atom stereocenters. The van der Waals surface area contributed by atoms with E-state index < -0.39 is 5.97 Å². The lowest BCUT2D eigenvalue weighted by molar-refractivity contribution is -0.136. The molecule has 23 heavy (non-hydrogen) atoms. The van der Waals surface area contributed by atoms with E-state index in [-0.39, 0.29) is 12.2 Å². The van der Waals surface area contributed by atoms with Crippen LogP contribution in [0.15, 0.2) is 34.4 Å². The summed E-state index contributed by atoms with van der Waals surface area (Å²) in [6.45, 7) is 3.81. The lowest BCUT2D eigenvalue weighted by Crippen LogP contribution is -2.01. The number of aliphatic carboxylic acids is 1. The van der Waals surface area contributed by atoms with Crippen molar-refractivity contribution in [3.05, 3.63) is 46.9 Å². The van der Waals surface area contributed by atoms with E-state index in [2.05, 4.69) is 9.97 Å². The van der Waals surface area contributed by atoms with Crippen molar-refractivity contribution >= 4 is 29.5 Å². The Morgan fingerprint density at radius 1 is 1.22 bits per heavy atom. The molecule has 0 bridgehead atoms. The minimum absolute atomic E-state index is 0.0882. The van der Waals surface area contributed by atoms with Gasteiger partial charge in [-0.25, -0.2) is 14.4 Å². The van der Waals surface area contributed by atoms with Crippen LogP contribution in [0.5, 0.6) is 0 Å². The molecule has 1 N–H and O–H groups in total. The molecule has 0 saturated heterocycles. The number of carboxylic acid groups (broad SMARTS) is 1. The van der Waals surface area contributed by atoms with Gasteiger partial charge in [0.2, 0.25) is 0 Å². The van der Waals surface area contributed by atoms with Gasteiger partial charge >= 0.3 is 5.97 Å². The van der Waals surface area contributed by atoms with Crippen LogP contribution in [0.4, 0.5) is 4.39 Å². The van der Waals surface area contributed by atoms with Crippen LogP contribution < -0.4 is 0 Å². The summed E-state index contributed by atoms with van der Waals surface area (Å²) in [6, 6.07) is 6.64. The van der Waals surface area contributed by atoms with Gasteiger partial charge in [-0.1, -0.05) is 30.0 Å². The molecule has 0 saturated carbocycles. The molecule has 0 aliphatic carbocycles. The van der Waals surface area contributed by atoms with E-state index >= 15 is 0 Å². The molecule has 2 rings (SSSR count). The van der Waals surface area contributed by atoms with E-state index in [1.54, 1.807) is 18.2 Å². The monoisotopic (exact) mass is 352 g/mol. The summed E-state index contributed by atoms with van der Waals surface area (Å²) in [5.74, 6) is -0.145. The molecule has 2 aromatic rings. The van der Waals surface area contributed by atoms with Crippen molar-refractivity contribution in [2.24, 2.45) is 0 Å². The van der Waals surface area contributed by atoms with Crippen LogP contribution in [0.2, 0.25) is 0 Å². The molecule has 0 aliphatic rings. The maximum Gasteiger partial charge on any atom is 0.304 e. The number of halogens is 1. The number of rotatable bonds is 7. The maximum atomic E-state index is 13.6. The summed E-state index contributed by atoms with van der Waals surface area (Å²) in [5.41, 5.74) is 2.42. The zero-order chi connectivity index (χ0) is 16.8. The van der Waals surface area contributed by atoms with Crippen LogP contribution in [-0.4, -0.2) is 26.8 Å². The maximum absolute atomic E-state index is 13.6. The number of carboxylic acids is 1. The molecule has 0 aliphatic heterocycles. The SMILES string of the molecule is Cc1nc(SCc2ccccc2F)nc(SCCC(=O)O)c1C. The molecule has 4 nitrogen and oxygen atoms in total. The summed E-state index contributed by atoms with van der Waals surface area (Å²) in [5, 5.41) is 10.1. The van der Waals surface area contributed by atoms with Crippen molar-refractivity contribution in [1.29, 1.82) is 0 Å². The fourth-order valence-corrected chi connectivity index (χ4v) is 3.69. The Balaban J connectivity index is 2.08. The predicted molar refractivity (Wildman–Crippen MR) is 90.4 cm³/mol. The molecule has 0 amide bonds. The summed E-state index contributed by atoms with van der Waals surface area (Å²) >= 11 is 2.78. The van der Waals surface area contributed by atoms with Gasteiger partial charge in [-0.15, -0.1) is 11.8 Å². The molecule has 1 aromatic heterocycles. The second kappa shape index (κ2) is 8.31. The van der Waals surface area contributed by atoms with E-state index in [0.717, 1.165) is 16.3 Å². The summed E-state index contributed by atoms with van der Waals surface area (Å²) < 4.78 is 13.6. The third-order valence-corrected chi connectivity index (χ3v) is 5.17. The smallest absolute Gasteiger partial charge is 0.304 e. The Morgan fingerprint density at radius 3 is 2.65 bits per heavy atom. The highest BCUT2D eigenvalue weighted by atomic mass is 32.2. The number of benzene rings is 1. The zero-order valence-corrected chi connectivity index (χ0v) is 14.5. The molecule has 1 heterocycles. The summed E-state index contributed by atoms with van der Waals surface area (Å²) in [7, 11) is 0. The normalized spacial score (nSPS) is 10.7. The van der Waals surface area contributed by atoms with Crippen LogP contribution in [-0.2, 0) is 10.5 Å². The molecule has 0 fully saturated rings. The van der Waals surface area contributed by atoms with Gasteiger partial charge in [-0.05, 0) is 25.5 Å². The number of aromatic nitrogens is 2. The van der Waals surface area contributed by atoms with Crippen molar-refractivity contribution < 1.29 is 14.3 Å². The van der Waals surface area contributed by atoms with Crippen LogP contribution in [0.3, 0.4) is 0 Å². The summed E-state index contributed by atoms with van der Waals surface area (Å²) in [4.78, 5) is 19.5. The Labute approximate surface area is 142 Å². The third kappa shape index (κ3) is 5.21. The Bertz CT molecular complexity index is 710. The van der Waals surface area contributed by atoms with Crippen LogP contribution in [0, 0.1) is 19.7 Å². The first-order valence-corrected chi connectivity index (χ1v) is 9.00. The van der Waals surface area contributed by atoms with Gasteiger partial charge < -0.3 is 5.11 Å². The quantitative estimate of drug-likeness (QED) is 0.460. The van der Waals surface area contributed by atoms with Gasteiger partial charge in [-0.3, -0.25) is 4.79 Å². The van der Waals surface area contributed by atoms with Crippen molar-refractivity contribution in [3.8, 4) is 0 Å². The minimum atomic E-state index is -0.824. The van der Waals surface area contributed by atoms with E-state index in [4.69, 9.17) is 5.11 Å². The van der Waals surface area contributed by atoms with Gasteiger partial charge in [0.25, 0.3) is 0 Å². The van der Waals surface area contributed by atoms with E-state index in [9.17, 15) is 9.18 Å². The Morgan fingerprint density at radius 2 is 1.96 bits per heavy atom. The Kier molecular flexibility index (Phi) is 6.41. The number of carbonyl (C=O) groups is 1. The predicted octanol–water partition coefficient (Wildman–Crippen LogP) is 4.09. The number of thioether (sulfide) groups is 2. The highest BCUT2D eigenvalue weighted by Gasteiger charge is 2.11. The first kappa shape index (κ1) is 17.7. The number of nitrogens with zero attached hydrogens (tertiary/aromatic N) is 2. The molecular formula is C16H17FN2O2S2. The fourth-order valence-electron chi connectivity index (χ4n) is 1.78. The van der Waals surface area contributed by atoms with Crippen molar-refractivity contribution in [3.63, 3.8) is 0 Å². The standard InChI is InChI=1S/C16H17FN2O2S2/c1-10-11(2)18-16(19-15(10)22-8-7-14(20)21)23-9-12-5-3-4-6-13(12)17/h3-6H,7-9H2,1-2H3,(H,20,21). The van der Waals surface area contributed by atoms with Crippen molar-refractivity contribution in [2.75, 3.05) is 5.75 Å². The highest BCUT2D eigenvalue weighted by Crippen LogP contribution is 2.27. The average Bonchev–Trinajstić information content (AvgIpc) is 2.50. The molecule has 7 heteroatoms. The van der Waals surface area contributed by atoms with Gasteiger partial charge in [-0.2, -0.15) is 0 Å². The molecular weight excluding hydrogens is 335 g/mol. The lowest BCUT2D eigenvalue weighted by Gasteiger charge is -2.09. The molecule has 122 valence electrons. The fraction of sp³-hybridized carbons (Fsp3) is 0.312. The number of hydrogen-bond acceptors (Lipinski definition) is 5. The second-order valence-corrected chi connectivity index (χ2v) is 6.92. The number of aryl methyl sites for hydroxylation is 1. The zero-order valence-electron chi connectivity index (χ0n) is 12.9. The van der Waals surface area contributed by atoms with Gasteiger partial charge in [0.15, 0.2) is 5.16 Å². The van der Waals surface area contributed by atoms with Crippen LogP contribution >= 0.6 is 23.5 Å². The van der Waals surface area contributed by atoms with Crippen LogP contribution in [0.1, 0.15) is 23.2 Å². The van der Waals surface area contributed by atoms with Gasteiger partial charge in [0.05, 0.1) is 6.42 Å². The largest absolute Gasteiger partial charge is 0.481 e. The number of hydrogen-bond donors (Lipinski definition) is 1. The molecule has 1 aromatic carbocycles.